The van der Waals surface area contributed by atoms with Crippen molar-refractivity contribution in [3.05, 3.63) is 79.9 Å². The van der Waals surface area contributed by atoms with E-state index in [9.17, 15) is 14.0 Å². The molecule has 32 heavy (non-hydrogen) atoms. The van der Waals surface area contributed by atoms with Gasteiger partial charge >= 0.3 is 0 Å². The molecule has 0 atom stereocenters. The number of nitrogens with zero attached hydrogens (tertiary/aromatic N) is 2. The molecule has 0 saturated heterocycles. The van der Waals surface area contributed by atoms with Crippen molar-refractivity contribution < 1.29 is 18.7 Å². The van der Waals surface area contributed by atoms with Crippen LogP contribution in [0.1, 0.15) is 20.9 Å². The molecule has 0 unspecified atom stereocenters. The predicted octanol–water partition coefficient (Wildman–Crippen LogP) is 4.50. The smallest absolute Gasteiger partial charge is 0.242 e. The lowest BCUT2D eigenvalue weighted by molar-refractivity contribution is -0.141. The first-order valence-corrected chi connectivity index (χ1v) is 12.1. The van der Waals surface area contributed by atoms with Crippen molar-refractivity contribution in [1.29, 1.82) is 0 Å². The number of ether oxygens (including phenoxy) is 1. The second-order valence-electron chi connectivity index (χ2n) is 7.47. The fourth-order valence-corrected chi connectivity index (χ4v) is 4.83. The zero-order valence-corrected chi connectivity index (χ0v) is 19.9. The third-order valence-corrected chi connectivity index (χ3v) is 6.98. The topological polar surface area (TPSA) is 49.9 Å². The van der Waals surface area contributed by atoms with Gasteiger partial charge in [-0.2, -0.15) is 0 Å². The van der Waals surface area contributed by atoms with E-state index in [1.807, 2.05) is 35.9 Å². The largest absolute Gasteiger partial charge is 0.383 e. The molecule has 0 spiro atoms. The molecule has 2 heterocycles. The average Bonchev–Trinajstić information content (AvgIpc) is 3.43. The normalized spacial score (nSPS) is 10.8. The minimum atomic E-state index is -0.314. The highest BCUT2D eigenvalue weighted by molar-refractivity contribution is 7.10. The maximum absolute atomic E-state index is 13.4. The van der Waals surface area contributed by atoms with Crippen molar-refractivity contribution in [3.63, 3.8) is 0 Å². The van der Waals surface area contributed by atoms with Crippen LogP contribution in [0.5, 0.6) is 0 Å². The lowest BCUT2D eigenvalue weighted by Gasteiger charge is -2.28. The summed E-state index contributed by atoms with van der Waals surface area (Å²) in [5.41, 5.74) is 1.96. The van der Waals surface area contributed by atoms with Gasteiger partial charge in [0, 0.05) is 30.0 Å². The molecule has 5 nitrogen and oxygen atoms in total. The highest BCUT2D eigenvalue weighted by Crippen LogP contribution is 2.20. The van der Waals surface area contributed by atoms with Crippen molar-refractivity contribution >= 4 is 34.5 Å². The number of aryl methyl sites for hydroxylation is 1. The fourth-order valence-electron chi connectivity index (χ4n) is 3.21. The molecule has 0 aliphatic rings. The van der Waals surface area contributed by atoms with Crippen molar-refractivity contribution in [1.82, 2.24) is 9.80 Å². The van der Waals surface area contributed by atoms with Gasteiger partial charge < -0.3 is 14.5 Å². The van der Waals surface area contributed by atoms with E-state index in [4.69, 9.17) is 4.74 Å². The quantitative estimate of drug-likeness (QED) is 0.411. The first kappa shape index (κ1) is 24.1. The molecule has 170 valence electrons. The van der Waals surface area contributed by atoms with Crippen LogP contribution in [0, 0.1) is 12.7 Å². The molecular formula is C24H27FN2O3S2. The summed E-state index contributed by atoms with van der Waals surface area (Å²) >= 11 is 3.12. The van der Waals surface area contributed by atoms with Gasteiger partial charge in [-0.05, 0) is 53.1 Å². The van der Waals surface area contributed by atoms with E-state index in [0.29, 0.717) is 26.2 Å². The molecule has 0 fully saturated rings. The van der Waals surface area contributed by atoms with E-state index >= 15 is 0 Å². The molecule has 2 aromatic heterocycles. The number of hydrogen-bond acceptors (Lipinski definition) is 5. The van der Waals surface area contributed by atoms with Crippen LogP contribution >= 0.6 is 22.7 Å². The van der Waals surface area contributed by atoms with Crippen LogP contribution in [-0.4, -0.2) is 48.4 Å². The van der Waals surface area contributed by atoms with Gasteiger partial charge in [-0.25, -0.2) is 4.39 Å². The van der Waals surface area contributed by atoms with Gasteiger partial charge in [0.05, 0.1) is 26.1 Å². The number of amides is 2. The summed E-state index contributed by atoms with van der Waals surface area (Å²) in [6.45, 7) is 3.46. The van der Waals surface area contributed by atoms with E-state index in [1.165, 1.54) is 23.5 Å². The first-order chi connectivity index (χ1) is 15.5. The van der Waals surface area contributed by atoms with E-state index in [2.05, 4.69) is 0 Å². The highest BCUT2D eigenvalue weighted by Gasteiger charge is 2.23. The molecule has 0 saturated carbocycles. The van der Waals surface area contributed by atoms with Gasteiger partial charge in [0.2, 0.25) is 11.8 Å². The zero-order valence-electron chi connectivity index (χ0n) is 18.3. The van der Waals surface area contributed by atoms with Crippen LogP contribution in [0.25, 0.3) is 0 Å². The maximum Gasteiger partial charge on any atom is 0.242 e. The van der Waals surface area contributed by atoms with Gasteiger partial charge in [0.1, 0.15) is 5.82 Å². The van der Waals surface area contributed by atoms with Gasteiger partial charge in [0.25, 0.3) is 0 Å². The number of halogens is 1. The van der Waals surface area contributed by atoms with Crippen LogP contribution in [0.4, 0.5) is 4.39 Å². The van der Waals surface area contributed by atoms with Crippen molar-refractivity contribution in [3.8, 4) is 0 Å². The minimum Gasteiger partial charge on any atom is -0.383 e. The van der Waals surface area contributed by atoms with E-state index in [0.717, 1.165) is 20.9 Å². The second kappa shape index (κ2) is 11.9. The summed E-state index contributed by atoms with van der Waals surface area (Å²) in [7, 11) is 1.57. The maximum atomic E-state index is 13.4. The predicted molar refractivity (Wildman–Crippen MR) is 126 cm³/mol. The van der Waals surface area contributed by atoms with Gasteiger partial charge in [0.15, 0.2) is 0 Å². The molecule has 0 N–H and O–H groups in total. The van der Waals surface area contributed by atoms with Crippen LogP contribution in [0.3, 0.4) is 0 Å². The number of methoxy groups -OCH3 is 1. The number of hydrogen-bond donors (Lipinski definition) is 0. The Bertz CT molecular complexity index is 1000. The van der Waals surface area contributed by atoms with Crippen molar-refractivity contribution in [2.75, 3.05) is 26.8 Å². The summed E-state index contributed by atoms with van der Waals surface area (Å²) in [6.07, 6.45) is 0.261. The number of carbonyl (C=O) groups is 2. The summed E-state index contributed by atoms with van der Waals surface area (Å²) < 4.78 is 18.5. The first-order valence-electron chi connectivity index (χ1n) is 10.3. The van der Waals surface area contributed by atoms with E-state index < -0.39 is 0 Å². The Kier molecular flexibility index (Phi) is 8.96. The molecule has 2 amide bonds. The molecule has 1 aromatic carbocycles. The van der Waals surface area contributed by atoms with E-state index in [1.54, 1.807) is 40.4 Å². The van der Waals surface area contributed by atoms with Crippen LogP contribution < -0.4 is 0 Å². The lowest BCUT2D eigenvalue weighted by atomic mass is 10.2. The highest BCUT2D eigenvalue weighted by atomic mass is 32.1. The van der Waals surface area contributed by atoms with Crippen LogP contribution in [-0.2, 0) is 33.8 Å². The standard InChI is InChI=1S/C24H27FN2O3S2/c1-18-9-13-32-22(18)16-27(15-19-5-7-20(25)8-6-19)24(29)17-26(10-11-30-2)23(28)14-21-4-3-12-31-21/h3-9,12-13H,10-11,14-17H2,1-2H3. The summed E-state index contributed by atoms with van der Waals surface area (Å²) in [6, 6.07) is 12.0. The molecule has 8 heteroatoms. The van der Waals surface area contributed by atoms with Crippen LogP contribution in [0.15, 0.2) is 53.2 Å². The fraction of sp³-hybridized carbons (Fsp3) is 0.333. The third kappa shape index (κ3) is 6.98. The minimum absolute atomic E-state index is 0.0286. The SMILES string of the molecule is COCCN(CC(=O)N(Cc1ccc(F)cc1)Cc1sccc1C)C(=O)Cc1cccs1. The van der Waals surface area contributed by atoms with Crippen molar-refractivity contribution in [2.45, 2.75) is 26.4 Å². The Morgan fingerprint density at radius 3 is 2.38 bits per heavy atom. The second-order valence-corrected chi connectivity index (χ2v) is 9.50. The Morgan fingerprint density at radius 2 is 1.75 bits per heavy atom. The van der Waals surface area contributed by atoms with Gasteiger partial charge in [-0.1, -0.05) is 18.2 Å². The monoisotopic (exact) mass is 474 g/mol. The number of carbonyl (C=O) groups excluding carboxylic acids is 2. The molecule has 0 aliphatic heterocycles. The Hall–Kier alpha value is -2.55. The van der Waals surface area contributed by atoms with Gasteiger partial charge in [-0.15, -0.1) is 22.7 Å². The van der Waals surface area contributed by atoms with Crippen LogP contribution in [0.2, 0.25) is 0 Å². The molecule has 3 aromatic rings. The molecule has 0 radical (unpaired) electrons. The molecular weight excluding hydrogens is 447 g/mol. The van der Waals surface area contributed by atoms with Gasteiger partial charge in [-0.3, -0.25) is 9.59 Å². The Balaban J connectivity index is 1.75. The number of thiophene rings is 2. The van der Waals surface area contributed by atoms with E-state index in [-0.39, 0.29) is 30.6 Å². The summed E-state index contributed by atoms with van der Waals surface area (Å²) in [5, 5.41) is 3.93. The summed E-state index contributed by atoms with van der Waals surface area (Å²) in [4.78, 5) is 31.6. The number of benzene rings is 1. The molecule has 3 rings (SSSR count). The molecule has 0 bridgehead atoms. The number of rotatable bonds is 11. The Morgan fingerprint density at radius 1 is 0.969 bits per heavy atom. The lowest BCUT2D eigenvalue weighted by Crippen LogP contribution is -2.44. The third-order valence-electron chi connectivity index (χ3n) is 5.09. The van der Waals surface area contributed by atoms with Crippen molar-refractivity contribution in [2.24, 2.45) is 0 Å². The average molecular weight is 475 g/mol. The molecule has 0 aliphatic carbocycles. The zero-order chi connectivity index (χ0) is 22.9. The Labute approximate surface area is 196 Å². The summed E-state index contributed by atoms with van der Waals surface area (Å²) in [5.74, 6) is -0.574.